The van der Waals surface area contributed by atoms with E-state index in [1.165, 1.54) is 0 Å². The molecule has 1 aliphatic heterocycles. The molecule has 20 heavy (non-hydrogen) atoms. The fourth-order valence-electron chi connectivity index (χ4n) is 2.07. The van der Waals surface area contributed by atoms with Gasteiger partial charge >= 0.3 is 0 Å². The third-order valence-corrected chi connectivity index (χ3v) is 3.27. The lowest BCUT2D eigenvalue weighted by molar-refractivity contribution is -0.137. The zero-order valence-electron chi connectivity index (χ0n) is 12.0. The molecule has 0 saturated carbocycles. The van der Waals surface area contributed by atoms with Gasteiger partial charge in [0.05, 0.1) is 32.1 Å². The number of hydrogen-bond acceptors (Lipinski definition) is 5. The van der Waals surface area contributed by atoms with E-state index < -0.39 is 0 Å². The normalized spacial score (nSPS) is 16.8. The first-order valence-electron chi connectivity index (χ1n) is 6.80. The molecule has 1 aliphatic rings. The first kappa shape index (κ1) is 14.7. The van der Waals surface area contributed by atoms with Crippen molar-refractivity contribution >= 4 is 5.91 Å². The van der Waals surface area contributed by atoms with Crippen molar-refractivity contribution in [2.45, 2.75) is 19.5 Å². The largest absolute Gasteiger partial charge is 0.481 e. The highest BCUT2D eigenvalue weighted by molar-refractivity contribution is 5.81. The molecule has 0 aliphatic carbocycles. The molecule has 1 unspecified atom stereocenters. The third kappa shape index (κ3) is 3.91. The second-order valence-electron chi connectivity index (χ2n) is 4.71. The average molecular weight is 279 g/mol. The number of rotatable bonds is 5. The standard InChI is InChI=1S/C14H21N3O3/c1-11(14(18)17-6-8-20-9-7-17)15-10-12-4-3-5-13(16-12)19-2/h3-5,11,15H,6-10H2,1-2H3. The summed E-state index contributed by atoms with van der Waals surface area (Å²) < 4.78 is 10.3. The molecular formula is C14H21N3O3. The summed E-state index contributed by atoms with van der Waals surface area (Å²) in [7, 11) is 1.59. The van der Waals surface area contributed by atoms with Crippen LogP contribution in [-0.4, -0.2) is 55.2 Å². The first-order chi connectivity index (χ1) is 9.70. The van der Waals surface area contributed by atoms with Gasteiger partial charge in [-0.05, 0) is 13.0 Å². The predicted octanol–water partition coefficient (Wildman–Crippen LogP) is 0.427. The van der Waals surface area contributed by atoms with E-state index in [0.717, 1.165) is 5.69 Å². The number of aromatic nitrogens is 1. The monoisotopic (exact) mass is 279 g/mol. The molecule has 1 atom stereocenters. The van der Waals surface area contributed by atoms with Crippen molar-refractivity contribution in [2.75, 3.05) is 33.4 Å². The Hall–Kier alpha value is -1.66. The minimum Gasteiger partial charge on any atom is -0.481 e. The zero-order chi connectivity index (χ0) is 14.4. The van der Waals surface area contributed by atoms with E-state index in [2.05, 4.69) is 10.3 Å². The van der Waals surface area contributed by atoms with Crippen molar-refractivity contribution in [1.29, 1.82) is 0 Å². The number of amides is 1. The molecule has 6 heteroatoms. The highest BCUT2D eigenvalue weighted by Crippen LogP contribution is 2.07. The van der Waals surface area contributed by atoms with Crippen LogP contribution in [0.15, 0.2) is 18.2 Å². The van der Waals surface area contributed by atoms with Crippen LogP contribution in [0.4, 0.5) is 0 Å². The van der Waals surface area contributed by atoms with Crippen LogP contribution in [0.1, 0.15) is 12.6 Å². The van der Waals surface area contributed by atoms with Gasteiger partial charge in [0.1, 0.15) is 0 Å². The van der Waals surface area contributed by atoms with Gasteiger partial charge in [-0.1, -0.05) is 6.07 Å². The van der Waals surface area contributed by atoms with Gasteiger partial charge < -0.3 is 19.7 Å². The Bertz CT molecular complexity index is 447. The van der Waals surface area contributed by atoms with Gasteiger partial charge in [0.25, 0.3) is 0 Å². The third-order valence-electron chi connectivity index (χ3n) is 3.27. The van der Waals surface area contributed by atoms with E-state index in [4.69, 9.17) is 9.47 Å². The number of carbonyl (C=O) groups is 1. The minimum atomic E-state index is -0.235. The van der Waals surface area contributed by atoms with Gasteiger partial charge in [0.15, 0.2) is 0 Å². The SMILES string of the molecule is COc1cccc(CNC(C)C(=O)N2CCOCC2)n1. The van der Waals surface area contributed by atoms with Crippen LogP contribution in [0.3, 0.4) is 0 Å². The highest BCUT2D eigenvalue weighted by atomic mass is 16.5. The highest BCUT2D eigenvalue weighted by Gasteiger charge is 2.21. The maximum absolute atomic E-state index is 12.2. The second-order valence-corrected chi connectivity index (χ2v) is 4.71. The van der Waals surface area contributed by atoms with Gasteiger partial charge in [0, 0.05) is 25.7 Å². The number of nitrogens with zero attached hydrogens (tertiary/aromatic N) is 2. The number of carbonyl (C=O) groups excluding carboxylic acids is 1. The summed E-state index contributed by atoms with van der Waals surface area (Å²) >= 11 is 0. The van der Waals surface area contributed by atoms with Gasteiger partial charge in [-0.25, -0.2) is 4.98 Å². The number of methoxy groups -OCH3 is 1. The Balaban J connectivity index is 1.84. The van der Waals surface area contributed by atoms with E-state index in [1.807, 2.05) is 24.0 Å². The molecule has 1 N–H and O–H groups in total. The predicted molar refractivity (Wildman–Crippen MR) is 74.5 cm³/mol. The van der Waals surface area contributed by atoms with E-state index >= 15 is 0 Å². The maximum atomic E-state index is 12.2. The van der Waals surface area contributed by atoms with Crippen LogP contribution < -0.4 is 10.1 Å². The van der Waals surface area contributed by atoms with E-state index in [-0.39, 0.29) is 11.9 Å². The van der Waals surface area contributed by atoms with Crippen LogP contribution in [0, 0.1) is 0 Å². The molecule has 0 radical (unpaired) electrons. The average Bonchev–Trinajstić information content (AvgIpc) is 2.53. The van der Waals surface area contributed by atoms with Crippen LogP contribution in [0.2, 0.25) is 0 Å². The molecule has 0 spiro atoms. The smallest absolute Gasteiger partial charge is 0.239 e. The molecule has 1 fully saturated rings. The van der Waals surface area contributed by atoms with Crippen LogP contribution >= 0.6 is 0 Å². The van der Waals surface area contributed by atoms with Crippen LogP contribution in [0.5, 0.6) is 5.88 Å². The topological polar surface area (TPSA) is 63.7 Å². The molecule has 0 bridgehead atoms. The zero-order valence-corrected chi connectivity index (χ0v) is 12.0. The second kappa shape index (κ2) is 7.21. The fraction of sp³-hybridized carbons (Fsp3) is 0.571. The molecular weight excluding hydrogens is 258 g/mol. The summed E-state index contributed by atoms with van der Waals surface area (Å²) in [4.78, 5) is 18.3. The molecule has 1 aromatic heterocycles. The summed E-state index contributed by atoms with van der Waals surface area (Å²) in [5.74, 6) is 0.688. The van der Waals surface area contributed by atoms with E-state index in [0.29, 0.717) is 38.7 Å². The van der Waals surface area contributed by atoms with Crippen LogP contribution in [0.25, 0.3) is 0 Å². The number of pyridine rings is 1. The summed E-state index contributed by atoms with van der Waals surface area (Å²) in [6.45, 7) is 4.99. The lowest BCUT2D eigenvalue weighted by Crippen LogP contribution is -2.49. The Morgan fingerprint density at radius 1 is 1.50 bits per heavy atom. The Kier molecular flexibility index (Phi) is 5.31. The molecule has 0 aromatic carbocycles. The quantitative estimate of drug-likeness (QED) is 0.846. The molecule has 1 saturated heterocycles. The van der Waals surface area contributed by atoms with Crippen molar-refractivity contribution in [3.05, 3.63) is 23.9 Å². The molecule has 1 amide bonds. The van der Waals surface area contributed by atoms with Crippen molar-refractivity contribution in [3.63, 3.8) is 0 Å². The van der Waals surface area contributed by atoms with Gasteiger partial charge in [-0.2, -0.15) is 0 Å². The molecule has 2 heterocycles. The minimum absolute atomic E-state index is 0.108. The fourth-order valence-corrected chi connectivity index (χ4v) is 2.07. The Labute approximate surface area is 119 Å². The van der Waals surface area contributed by atoms with Gasteiger partial charge in [-0.3, -0.25) is 4.79 Å². The molecule has 6 nitrogen and oxygen atoms in total. The van der Waals surface area contributed by atoms with Gasteiger partial charge in [-0.15, -0.1) is 0 Å². The lowest BCUT2D eigenvalue weighted by Gasteiger charge is -2.29. The number of hydrogen-bond donors (Lipinski definition) is 1. The maximum Gasteiger partial charge on any atom is 0.239 e. The molecule has 1 aromatic rings. The van der Waals surface area contributed by atoms with Crippen molar-refractivity contribution in [3.8, 4) is 5.88 Å². The van der Waals surface area contributed by atoms with Crippen LogP contribution in [-0.2, 0) is 16.1 Å². The Morgan fingerprint density at radius 3 is 2.95 bits per heavy atom. The summed E-state index contributed by atoms with van der Waals surface area (Å²) in [6, 6.07) is 5.35. The lowest BCUT2D eigenvalue weighted by atomic mass is 10.2. The summed E-state index contributed by atoms with van der Waals surface area (Å²) in [5.41, 5.74) is 0.853. The number of nitrogens with one attached hydrogen (secondary N) is 1. The number of ether oxygens (including phenoxy) is 2. The Morgan fingerprint density at radius 2 is 2.25 bits per heavy atom. The molecule has 110 valence electrons. The van der Waals surface area contributed by atoms with E-state index in [1.54, 1.807) is 13.2 Å². The summed E-state index contributed by atoms with van der Waals surface area (Å²) in [6.07, 6.45) is 0. The first-order valence-corrected chi connectivity index (χ1v) is 6.80. The molecule has 2 rings (SSSR count). The van der Waals surface area contributed by atoms with Gasteiger partial charge in [0.2, 0.25) is 11.8 Å². The van der Waals surface area contributed by atoms with Crippen molar-refractivity contribution in [1.82, 2.24) is 15.2 Å². The summed E-state index contributed by atoms with van der Waals surface area (Å²) in [5, 5.41) is 3.20. The number of morpholine rings is 1. The van der Waals surface area contributed by atoms with Crippen molar-refractivity contribution < 1.29 is 14.3 Å². The van der Waals surface area contributed by atoms with Crippen molar-refractivity contribution in [2.24, 2.45) is 0 Å². The van der Waals surface area contributed by atoms with E-state index in [9.17, 15) is 4.79 Å².